The van der Waals surface area contributed by atoms with Gasteiger partial charge in [-0.05, 0) is 35.6 Å². The second-order valence-corrected chi connectivity index (χ2v) is 3.86. The Morgan fingerprint density at radius 3 is 2.81 bits per heavy atom. The van der Waals surface area contributed by atoms with Gasteiger partial charge in [0, 0.05) is 0 Å². The average Bonchev–Trinajstić information content (AvgIpc) is 2.20. The predicted octanol–water partition coefficient (Wildman–Crippen LogP) is 2.51. The molecule has 0 saturated carbocycles. The first-order valence-electron chi connectivity index (χ1n) is 4.32. The molecule has 0 bridgehead atoms. The summed E-state index contributed by atoms with van der Waals surface area (Å²) in [6.07, 6.45) is -2.87. The number of carbonyl (C=O) groups is 1. The summed E-state index contributed by atoms with van der Waals surface area (Å²) in [6, 6.07) is 1.02. The number of nitrogens with zero attached hydrogens (tertiary/aromatic N) is 1. The van der Waals surface area contributed by atoms with Crippen molar-refractivity contribution in [2.75, 3.05) is 6.61 Å². The summed E-state index contributed by atoms with van der Waals surface area (Å²) in [5, 5.41) is 9.43. The van der Waals surface area contributed by atoms with Crippen LogP contribution < -0.4 is 0 Å². The molecule has 1 aromatic heterocycles. The minimum Gasteiger partial charge on any atom is -0.505 e. The standard InChI is InChI=1S/C9H8F2INO3/c1-2-16-9(15)6-7(14)4(8(10)11)3-5(12)13-6/h3,8,14H,2H2,1H3. The first-order valence-corrected chi connectivity index (χ1v) is 5.40. The molecular weight excluding hydrogens is 335 g/mol. The van der Waals surface area contributed by atoms with Crippen molar-refractivity contribution >= 4 is 28.6 Å². The second kappa shape index (κ2) is 5.37. The van der Waals surface area contributed by atoms with Crippen molar-refractivity contribution in [3.63, 3.8) is 0 Å². The van der Waals surface area contributed by atoms with Crippen LogP contribution in [0.15, 0.2) is 6.07 Å². The van der Waals surface area contributed by atoms with Gasteiger partial charge in [0.1, 0.15) is 3.70 Å². The van der Waals surface area contributed by atoms with Gasteiger partial charge >= 0.3 is 5.97 Å². The minimum atomic E-state index is -2.87. The molecule has 0 atom stereocenters. The SMILES string of the molecule is CCOC(=O)c1nc(I)cc(C(F)F)c1O. The van der Waals surface area contributed by atoms with E-state index in [-0.39, 0.29) is 10.3 Å². The Morgan fingerprint density at radius 2 is 2.31 bits per heavy atom. The van der Waals surface area contributed by atoms with Crippen LogP contribution in [0.4, 0.5) is 8.78 Å². The van der Waals surface area contributed by atoms with E-state index in [1.165, 1.54) is 0 Å². The van der Waals surface area contributed by atoms with Gasteiger partial charge in [0.05, 0.1) is 12.2 Å². The summed E-state index contributed by atoms with van der Waals surface area (Å²) in [6.45, 7) is 1.65. The van der Waals surface area contributed by atoms with Crippen LogP contribution in [0.25, 0.3) is 0 Å². The molecule has 4 nitrogen and oxygen atoms in total. The molecule has 1 N–H and O–H groups in total. The molecule has 7 heteroatoms. The molecule has 0 fully saturated rings. The topological polar surface area (TPSA) is 59.4 Å². The number of alkyl halides is 2. The fourth-order valence-electron chi connectivity index (χ4n) is 1.03. The van der Waals surface area contributed by atoms with Gasteiger partial charge in [-0.3, -0.25) is 0 Å². The molecule has 0 aliphatic heterocycles. The van der Waals surface area contributed by atoms with Crippen molar-refractivity contribution in [1.29, 1.82) is 0 Å². The van der Waals surface area contributed by atoms with Crippen molar-refractivity contribution in [2.24, 2.45) is 0 Å². The first kappa shape index (κ1) is 13.1. The molecule has 16 heavy (non-hydrogen) atoms. The third kappa shape index (κ3) is 2.77. The van der Waals surface area contributed by atoms with Crippen LogP contribution >= 0.6 is 22.6 Å². The number of carbonyl (C=O) groups excluding carboxylic acids is 1. The summed E-state index contributed by atoms with van der Waals surface area (Å²) >= 11 is 1.68. The lowest BCUT2D eigenvalue weighted by Gasteiger charge is -2.08. The van der Waals surface area contributed by atoms with Crippen LogP contribution in [0.1, 0.15) is 29.4 Å². The number of hydrogen-bond donors (Lipinski definition) is 1. The quantitative estimate of drug-likeness (QED) is 0.521. The number of pyridine rings is 1. The highest BCUT2D eigenvalue weighted by Crippen LogP contribution is 2.31. The second-order valence-electron chi connectivity index (χ2n) is 2.75. The highest BCUT2D eigenvalue weighted by molar-refractivity contribution is 14.1. The fourth-order valence-corrected chi connectivity index (χ4v) is 1.61. The van der Waals surface area contributed by atoms with Crippen LogP contribution in [0.3, 0.4) is 0 Å². The number of hydrogen-bond acceptors (Lipinski definition) is 4. The molecular formula is C9H8F2INO3. The molecule has 1 aromatic rings. The van der Waals surface area contributed by atoms with Gasteiger partial charge in [0.25, 0.3) is 6.43 Å². The van der Waals surface area contributed by atoms with Crippen molar-refractivity contribution in [2.45, 2.75) is 13.3 Å². The largest absolute Gasteiger partial charge is 0.505 e. The van der Waals surface area contributed by atoms with Gasteiger partial charge in [0.2, 0.25) is 0 Å². The predicted molar refractivity (Wildman–Crippen MR) is 59.5 cm³/mol. The van der Waals surface area contributed by atoms with E-state index in [1.54, 1.807) is 29.5 Å². The summed E-state index contributed by atoms with van der Waals surface area (Å²) < 4.78 is 29.8. The van der Waals surface area contributed by atoms with Crippen molar-refractivity contribution in [3.8, 4) is 5.75 Å². The maximum absolute atomic E-state index is 12.5. The Balaban J connectivity index is 3.24. The van der Waals surface area contributed by atoms with E-state index < -0.39 is 29.4 Å². The normalized spacial score (nSPS) is 10.6. The van der Waals surface area contributed by atoms with Crippen molar-refractivity contribution in [1.82, 2.24) is 4.98 Å². The lowest BCUT2D eigenvalue weighted by Crippen LogP contribution is -2.09. The van der Waals surface area contributed by atoms with E-state index in [2.05, 4.69) is 9.72 Å². The first-order chi connectivity index (χ1) is 7.47. The molecule has 0 spiro atoms. The molecule has 1 heterocycles. The van der Waals surface area contributed by atoms with Crippen LogP contribution in [0.5, 0.6) is 5.75 Å². The van der Waals surface area contributed by atoms with Crippen LogP contribution in [0.2, 0.25) is 0 Å². The Bertz CT molecular complexity index is 412. The van der Waals surface area contributed by atoms with Gasteiger partial charge in [0.15, 0.2) is 11.4 Å². The summed E-state index contributed by atoms with van der Waals surface area (Å²) in [4.78, 5) is 15.0. The zero-order chi connectivity index (χ0) is 12.3. The molecule has 0 aliphatic rings. The van der Waals surface area contributed by atoms with Crippen LogP contribution in [0, 0.1) is 3.70 Å². The number of aromatic nitrogens is 1. The molecule has 0 aliphatic carbocycles. The smallest absolute Gasteiger partial charge is 0.360 e. The Hall–Kier alpha value is -0.990. The van der Waals surface area contributed by atoms with Gasteiger partial charge < -0.3 is 9.84 Å². The molecule has 88 valence electrons. The summed E-state index contributed by atoms with van der Waals surface area (Å²) in [5.74, 6) is -1.74. The van der Waals surface area contributed by atoms with Crippen LogP contribution in [-0.2, 0) is 4.74 Å². The number of rotatable bonds is 3. The van der Waals surface area contributed by atoms with E-state index in [0.717, 1.165) is 6.07 Å². The minimum absolute atomic E-state index is 0.0788. The fraction of sp³-hybridized carbons (Fsp3) is 0.333. The van der Waals surface area contributed by atoms with Gasteiger partial charge in [-0.2, -0.15) is 0 Å². The summed E-state index contributed by atoms with van der Waals surface area (Å²) in [5.41, 5.74) is -1.11. The zero-order valence-electron chi connectivity index (χ0n) is 8.21. The highest BCUT2D eigenvalue weighted by Gasteiger charge is 2.23. The third-order valence-electron chi connectivity index (χ3n) is 1.69. The van der Waals surface area contributed by atoms with Gasteiger partial charge in [-0.15, -0.1) is 0 Å². The van der Waals surface area contributed by atoms with Gasteiger partial charge in [-0.1, -0.05) is 0 Å². The molecule has 0 amide bonds. The number of aromatic hydroxyl groups is 1. The molecule has 0 aromatic carbocycles. The monoisotopic (exact) mass is 343 g/mol. The Labute approximate surface area is 104 Å². The Kier molecular flexibility index (Phi) is 4.39. The number of esters is 1. The van der Waals surface area contributed by atoms with E-state index in [0.29, 0.717) is 0 Å². The molecule has 0 unspecified atom stereocenters. The van der Waals surface area contributed by atoms with E-state index in [1.807, 2.05) is 0 Å². The Morgan fingerprint density at radius 1 is 1.69 bits per heavy atom. The van der Waals surface area contributed by atoms with Crippen molar-refractivity contribution in [3.05, 3.63) is 21.0 Å². The molecule has 1 rings (SSSR count). The average molecular weight is 343 g/mol. The van der Waals surface area contributed by atoms with Crippen LogP contribution in [-0.4, -0.2) is 22.7 Å². The maximum atomic E-state index is 12.5. The van der Waals surface area contributed by atoms with E-state index in [4.69, 9.17) is 0 Å². The number of halogens is 3. The van der Waals surface area contributed by atoms with Gasteiger partial charge in [-0.25, -0.2) is 18.6 Å². The molecule has 0 radical (unpaired) electrons. The maximum Gasteiger partial charge on any atom is 0.360 e. The van der Waals surface area contributed by atoms with E-state index in [9.17, 15) is 18.7 Å². The zero-order valence-corrected chi connectivity index (χ0v) is 10.4. The lowest BCUT2D eigenvalue weighted by molar-refractivity contribution is 0.0514. The highest BCUT2D eigenvalue weighted by atomic mass is 127. The lowest BCUT2D eigenvalue weighted by atomic mass is 10.2. The van der Waals surface area contributed by atoms with E-state index >= 15 is 0 Å². The summed E-state index contributed by atoms with van der Waals surface area (Å²) in [7, 11) is 0. The van der Waals surface area contributed by atoms with Crippen molar-refractivity contribution < 1.29 is 23.4 Å². The number of ether oxygens (including phenoxy) is 1. The molecule has 0 saturated heterocycles. The third-order valence-corrected chi connectivity index (χ3v) is 2.25.